The number of nitrogens with one attached hydrogen (secondary N) is 2. The smallest absolute Gasteiger partial charge is 0.326 e. The van der Waals surface area contributed by atoms with Gasteiger partial charge < -0.3 is 15.4 Å². The maximum Gasteiger partial charge on any atom is 0.326 e. The summed E-state index contributed by atoms with van der Waals surface area (Å²) in [5.74, 6) is -1.80. The summed E-state index contributed by atoms with van der Waals surface area (Å²) in [5.41, 5.74) is -1.84. The number of urea groups is 1. The van der Waals surface area contributed by atoms with E-state index in [2.05, 4.69) is 16.7 Å². The van der Waals surface area contributed by atoms with E-state index in [1.165, 1.54) is 0 Å². The molecule has 0 aromatic heterocycles. The molecule has 2 aliphatic carbocycles. The molecule has 3 rings (SSSR count). The maximum atomic E-state index is 12.8. The topological polar surface area (TPSA) is 129 Å². The van der Waals surface area contributed by atoms with Crippen LogP contribution in [0.4, 0.5) is 4.79 Å². The fraction of sp³-hybridized carbons (Fsp3) is 0.750. The van der Waals surface area contributed by atoms with Crippen molar-refractivity contribution in [3.05, 3.63) is 0 Å². The molecule has 1 heterocycles. The molecule has 0 aromatic carbocycles. The van der Waals surface area contributed by atoms with Crippen molar-refractivity contribution in [3.8, 4) is 6.07 Å². The summed E-state index contributed by atoms with van der Waals surface area (Å²) in [6.07, 6.45) is 7.15. The van der Waals surface area contributed by atoms with Crippen LogP contribution in [0.25, 0.3) is 0 Å². The molecule has 1 aliphatic heterocycles. The van der Waals surface area contributed by atoms with Crippen LogP contribution in [-0.4, -0.2) is 52.9 Å². The van der Waals surface area contributed by atoms with E-state index in [-0.39, 0.29) is 5.92 Å². The Labute approximate surface area is 170 Å². The van der Waals surface area contributed by atoms with Crippen LogP contribution in [0, 0.1) is 17.2 Å². The van der Waals surface area contributed by atoms with E-state index in [0.717, 1.165) is 43.4 Å². The minimum absolute atomic E-state index is 0.00263. The van der Waals surface area contributed by atoms with Crippen molar-refractivity contribution < 1.29 is 23.9 Å². The number of amides is 4. The molecule has 1 saturated heterocycles. The Morgan fingerprint density at radius 3 is 2.55 bits per heavy atom. The van der Waals surface area contributed by atoms with Gasteiger partial charge in [0.05, 0.1) is 6.07 Å². The van der Waals surface area contributed by atoms with Gasteiger partial charge in [-0.25, -0.2) is 4.79 Å². The second-order valence-electron chi connectivity index (χ2n) is 8.40. The normalized spacial score (nSPS) is 28.6. The molecule has 0 radical (unpaired) electrons. The Morgan fingerprint density at radius 2 is 1.90 bits per heavy atom. The van der Waals surface area contributed by atoms with Crippen LogP contribution in [-0.2, 0) is 19.1 Å². The Bertz CT molecular complexity index is 740. The van der Waals surface area contributed by atoms with Gasteiger partial charge in [-0.15, -0.1) is 0 Å². The zero-order valence-corrected chi connectivity index (χ0v) is 16.8. The van der Waals surface area contributed by atoms with Crippen molar-refractivity contribution in [1.29, 1.82) is 5.26 Å². The molecule has 4 amide bonds. The molecule has 0 unspecified atom stereocenters. The van der Waals surface area contributed by atoms with Crippen LogP contribution < -0.4 is 10.6 Å². The molecule has 1 spiro atoms. The first-order valence-corrected chi connectivity index (χ1v) is 10.3. The van der Waals surface area contributed by atoms with Crippen molar-refractivity contribution >= 4 is 23.8 Å². The first kappa shape index (κ1) is 21.1. The molecule has 2 atom stereocenters. The predicted octanol–water partition coefficient (Wildman–Crippen LogP) is 1.37. The highest BCUT2D eigenvalue weighted by Gasteiger charge is 2.55. The number of carbonyl (C=O) groups excluding carboxylic acids is 4. The van der Waals surface area contributed by atoms with Crippen LogP contribution in [0.1, 0.15) is 64.7 Å². The zero-order chi connectivity index (χ0) is 21.1. The first-order chi connectivity index (χ1) is 13.8. The lowest BCUT2D eigenvalue weighted by molar-refractivity contribution is -0.151. The molecule has 29 heavy (non-hydrogen) atoms. The fourth-order valence-corrected chi connectivity index (χ4v) is 4.68. The van der Waals surface area contributed by atoms with E-state index in [1.54, 1.807) is 0 Å². The highest BCUT2D eigenvalue weighted by molar-refractivity contribution is 6.09. The van der Waals surface area contributed by atoms with Crippen LogP contribution in [0.5, 0.6) is 0 Å². The van der Waals surface area contributed by atoms with Crippen molar-refractivity contribution in [2.75, 3.05) is 13.2 Å². The van der Waals surface area contributed by atoms with Crippen LogP contribution in [0.15, 0.2) is 0 Å². The van der Waals surface area contributed by atoms with E-state index in [0.29, 0.717) is 19.3 Å². The number of imide groups is 1. The lowest BCUT2D eigenvalue weighted by Gasteiger charge is -2.36. The minimum atomic E-state index is -0.937. The summed E-state index contributed by atoms with van der Waals surface area (Å²) in [4.78, 5) is 50.3. The summed E-state index contributed by atoms with van der Waals surface area (Å²) in [5, 5.41) is 14.8. The summed E-state index contributed by atoms with van der Waals surface area (Å²) in [7, 11) is 0. The lowest BCUT2D eigenvalue weighted by Crippen LogP contribution is -2.54. The number of carbonyl (C=O) groups is 4. The van der Waals surface area contributed by atoms with E-state index in [4.69, 9.17) is 4.74 Å². The number of hydrogen-bond donors (Lipinski definition) is 2. The molecule has 0 bridgehead atoms. The van der Waals surface area contributed by atoms with Crippen molar-refractivity contribution in [2.24, 2.45) is 5.92 Å². The lowest BCUT2D eigenvalue weighted by atomic mass is 9.73. The monoisotopic (exact) mass is 404 g/mol. The molecule has 3 fully saturated rings. The van der Waals surface area contributed by atoms with Crippen LogP contribution >= 0.6 is 0 Å². The highest BCUT2D eigenvalue weighted by Crippen LogP contribution is 2.38. The van der Waals surface area contributed by atoms with Gasteiger partial charge in [-0.3, -0.25) is 19.3 Å². The summed E-state index contributed by atoms with van der Waals surface area (Å²) in [6, 6.07) is 1.56. The third-order valence-electron chi connectivity index (χ3n) is 6.45. The average molecular weight is 404 g/mol. The standard InChI is InChI=1S/C20H28N4O5/c1-14-7-3-6-10-20(14)17(27)24(18(28)23-20)11-16(26)29-12-15(25)22-19(13-21)8-4-2-5-9-19/h14H,2-12H2,1H3,(H,22,25)(H,23,28)/t14-,20+/m0/s1. The molecule has 9 heteroatoms. The van der Waals surface area contributed by atoms with Gasteiger partial charge in [0.1, 0.15) is 17.6 Å². The molecular weight excluding hydrogens is 376 g/mol. The molecule has 0 aromatic rings. The SMILES string of the molecule is C[C@H]1CCCC[C@@]12NC(=O)N(CC(=O)OCC(=O)NC1(C#N)CCCCC1)C2=O. The van der Waals surface area contributed by atoms with E-state index in [1.807, 2.05) is 6.92 Å². The number of rotatable bonds is 5. The number of hydrogen-bond acceptors (Lipinski definition) is 6. The highest BCUT2D eigenvalue weighted by atomic mass is 16.5. The third kappa shape index (κ3) is 4.21. The third-order valence-corrected chi connectivity index (χ3v) is 6.45. The van der Waals surface area contributed by atoms with Crippen molar-refractivity contribution in [2.45, 2.75) is 75.8 Å². The minimum Gasteiger partial charge on any atom is -0.454 e. The Morgan fingerprint density at radius 1 is 1.21 bits per heavy atom. The molecule has 158 valence electrons. The summed E-state index contributed by atoms with van der Waals surface area (Å²) in [6.45, 7) is 0.850. The van der Waals surface area contributed by atoms with Gasteiger partial charge in [-0.05, 0) is 31.6 Å². The van der Waals surface area contributed by atoms with E-state index in [9.17, 15) is 24.4 Å². The molecule has 9 nitrogen and oxygen atoms in total. The van der Waals surface area contributed by atoms with Gasteiger partial charge in [0.2, 0.25) is 0 Å². The number of ether oxygens (including phenoxy) is 1. The van der Waals surface area contributed by atoms with E-state index >= 15 is 0 Å². The Hall–Kier alpha value is -2.63. The predicted molar refractivity (Wildman–Crippen MR) is 101 cm³/mol. The largest absolute Gasteiger partial charge is 0.454 e. The van der Waals surface area contributed by atoms with Gasteiger partial charge in [0.15, 0.2) is 6.61 Å². The van der Waals surface area contributed by atoms with Crippen LogP contribution in [0.3, 0.4) is 0 Å². The van der Waals surface area contributed by atoms with Gasteiger partial charge >= 0.3 is 12.0 Å². The first-order valence-electron chi connectivity index (χ1n) is 10.3. The van der Waals surface area contributed by atoms with Crippen molar-refractivity contribution in [3.63, 3.8) is 0 Å². The summed E-state index contributed by atoms with van der Waals surface area (Å²) < 4.78 is 4.96. The fourth-order valence-electron chi connectivity index (χ4n) is 4.68. The molecular formula is C20H28N4O5. The number of esters is 1. The number of nitriles is 1. The van der Waals surface area contributed by atoms with Gasteiger partial charge in [0.25, 0.3) is 11.8 Å². The number of nitrogens with zero attached hydrogens (tertiary/aromatic N) is 2. The Balaban J connectivity index is 1.52. The quantitative estimate of drug-likeness (QED) is 0.526. The molecule has 2 N–H and O–H groups in total. The van der Waals surface area contributed by atoms with Gasteiger partial charge in [-0.1, -0.05) is 39.0 Å². The Kier molecular flexibility index (Phi) is 6.10. The summed E-state index contributed by atoms with van der Waals surface area (Å²) >= 11 is 0. The zero-order valence-electron chi connectivity index (χ0n) is 16.8. The molecule has 2 saturated carbocycles. The average Bonchev–Trinajstić information content (AvgIpc) is 2.94. The maximum absolute atomic E-state index is 12.8. The molecule has 3 aliphatic rings. The van der Waals surface area contributed by atoms with Crippen LogP contribution in [0.2, 0.25) is 0 Å². The van der Waals surface area contributed by atoms with Gasteiger partial charge in [0, 0.05) is 0 Å². The van der Waals surface area contributed by atoms with Crippen molar-refractivity contribution in [1.82, 2.24) is 15.5 Å². The second-order valence-corrected chi connectivity index (χ2v) is 8.40. The van der Waals surface area contributed by atoms with E-state index < -0.39 is 48.0 Å². The van der Waals surface area contributed by atoms with Gasteiger partial charge in [-0.2, -0.15) is 5.26 Å². The second kappa shape index (κ2) is 8.39.